The molecular weight excluding hydrogens is 102 g/mol. The van der Waals surface area contributed by atoms with Crippen molar-refractivity contribution in [3.05, 3.63) is 11.8 Å². The Labute approximate surface area is 49.5 Å². The van der Waals surface area contributed by atoms with Crippen molar-refractivity contribution in [2.45, 2.75) is 13.8 Å². The van der Waals surface area contributed by atoms with Crippen molar-refractivity contribution < 1.29 is 0 Å². The van der Waals surface area contributed by atoms with Crippen LogP contribution in [0.2, 0.25) is 0 Å². The van der Waals surface area contributed by atoms with E-state index in [1.807, 2.05) is 13.8 Å². The van der Waals surface area contributed by atoms with Gasteiger partial charge < -0.3 is 0 Å². The number of nitrogens with one attached hydrogen (secondary N) is 1. The maximum absolute atomic E-state index is 6.51. The van der Waals surface area contributed by atoms with Gasteiger partial charge in [-0.15, -0.1) is 0 Å². The van der Waals surface area contributed by atoms with Crippen molar-refractivity contribution in [1.29, 1.82) is 5.53 Å². The average Bonchev–Trinajstić information content (AvgIpc) is 1.65. The highest BCUT2D eigenvalue weighted by Gasteiger charge is 1.81. The van der Waals surface area contributed by atoms with Gasteiger partial charge in [-0.2, -0.15) is 5.53 Å². The van der Waals surface area contributed by atoms with E-state index in [1.165, 1.54) is 5.01 Å². The number of nitrogens with zero attached hydrogens (tertiary/aromatic N) is 2. The summed E-state index contributed by atoms with van der Waals surface area (Å²) in [6.07, 6.45) is 1.78. The number of hydrogen-bond donors (Lipinski definition) is 1. The molecule has 46 valence electrons. The maximum atomic E-state index is 6.51. The van der Waals surface area contributed by atoms with Gasteiger partial charge in [0.05, 0.1) is 0 Å². The fraction of sp³-hybridized carbons (Fsp3) is 0.600. The van der Waals surface area contributed by atoms with Crippen LogP contribution in [0.5, 0.6) is 0 Å². The highest BCUT2D eigenvalue weighted by atomic mass is 15.5. The zero-order valence-electron chi connectivity index (χ0n) is 5.47. The van der Waals surface area contributed by atoms with E-state index in [2.05, 4.69) is 5.22 Å². The van der Waals surface area contributed by atoms with Gasteiger partial charge in [0, 0.05) is 13.2 Å². The van der Waals surface area contributed by atoms with E-state index >= 15 is 0 Å². The zero-order valence-corrected chi connectivity index (χ0v) is 5.47. The Morgan fingerprint density at radius 2 is 2.12 bits per heavy atom. The van der Waals surface area contributed by atoms with Crippen molar-refractivity contribution >= 4 is 0 Å². The second-order valence-corrected chi connectivity index (χ2v) is 1.88. The standard InChI is InChI=1S/C5H11N3/c1-5(2)4-8(3)7-6/h4,6H,1-3H3. The van der Waals surface area contributed by atoms with Crippen LogP contribution >= 0.6 is 0 Å². The van der Waals surface area contributed by atoms with E-state index in [9.17, 15) is 0 Å². The smallest absolute Gasteiger partial charge is 0.0313 e. The normalized spacial score (nSPS) is 7.88. The topological polar surface area (TPSA) is 39.5 Å². The van der Waals surface area contributed by atoms with Crippen LogP contribution in [0.3, 0.4) is 0 Å². The first-order valence-electron chi connectivity index (χ1n) is 2.42. The minimum Gasteiger partial charge on any atom is -0.258 e. The maximum Gasteiger partial charge on any atom is 0.0313 e. The number of hydrogen-bond acceptors (Lipinski definition) is 2. The molecule has 0 radical (unpaired) electrons. The minimum atomic E-state index is 1.14. The van der Waals surface area contributed by atoms with Crippen LogP contribution in [-0.4, -0.2) is 12.1 Å². The number of rotatable bonds is 2. The molecule has 0 amide bonds. The van der Waals surface area contributed by atoms with Crippen LogP contribution in [0.25, 0.3) is 0 Å². The molecule has 0 saturated heterocycles. The molecule has 0 heterocycles. The summed E-state index contributed by atoms with van der Waals surface area (Å²) in [6, 6.07) is 0. The van der Waals surface area contributed by atoms with Gasteiger partial charge in [0.1, 0.15) is 0 Å². The lowest BCUT2D eigenvalue weighted by molar-refractivity contribution is 0.437. The summed E-state index contributed by atoms with van der Waals surface area (Å²) in [4.78, 5) is 0. The van der Waals surface area contributed by atoms with Gasteiger partial charge in [-0.3, -0.25) is 5.01 Å². The summed E-state index contributed by atoms with van der Waals surface area (Å²) in [6.45, 7) is 3.92. The van der Waals surface area contributed by atoms with Gasteiger partial charge in [-0.25, -0.2) is 0 Å². The molecule has 0 aromatic carbocycles. The first-order chi connectivity index (χ1) is 3.66. The summed E-state index contributed by atoms with van der Waals surface area (Å²) in [5.74, 6) is 0. The molecule has 0 aliphatic carbocycles. The van der Waals surface area contributed by atoms with Crippen LogP contribution in [0, 0.1) is 5.53 Å². The largest absolute Gasteiger partial charge is 0.258 e. The van der Waals surface area contributed by atoms with Gasteiger partial charge in [-0.1, -0.05) is 10.8 Å². The quantitative estimate of drug-likeness (QED) is 0.430. The van der Waals surface area contributed by atoms with Crippen molar-refractivity contribution in [2.75, 3.05) is 7.05 Å². The van der Waals surface area contributed by atoms with Gasteiger partial charge in [0.25, 0.3) is 0 Å². The summed E-state index contributed by atoms with van der Waals surface area (Å²) in [7, 11) is 1.72. The predicted octanol–water partition coefficient (Wildman–Crippen LogP) is 1.79. The van der Waals surface area contributed by atoms with Crippen LogP contribution in [0.15, 0.2) is 17.0 Å². The van der Waals surface area contributed by atoms with Crippen LogP contribution in [-0.2, 0) is 0 Å². The van der Waals surface area contributed by atoms with E-state index in [1.54, 1.807) is 13.2 Å². The summed E-state index contributed by atoms with van der Waals surface area (Å²) >= 11 is 0. The molecule has 0 aromatic rings. The molecular formula is C5H11N3. The Morgan fingerprint density at radius 3 is 2.25 bits per heavy atom. The molecule has 0 spiro atoms. The molecule has 0 unspecified atom stereocenters. The van der Waals surface area contributed by atoms with E-state index in [0.717, 1.165) is 5.57 Å². The first kappa shape index (κ1) is 7.14. The minimum absolute atomic E-state index is 1.14. The Balaban J connectivity index is 3.68. The molecule has 0 saturated carbocycles. The van der Waals surface area contributed by atoms with Gasteiger partial charge in [-0.05, 0) is 13.8 Å². The summed E-state index contributed by atoms with van der Waals surface area (Å²) < 4.78 is 0. The van der Waals surface area contributed by atoms with E-state index in [4.69, 9.17) is 5.53 Å². The van der Waals surface area contributed by atoms with Gasteiger partial charge >= 0.3 is 0 Å². The highest BCUT2D eigenvalue weighted by molar-refractivity contribution is 4.90. The van der Waals surface area contributed by atoms with Crippen molar-refractivity contribution in [3.63, 3.8) is 0 Å². The van der Waals surface area contributed by atoms with Crippen LogP contribution in [0.4, 0.5) is 0 Å². The Bertz CT molecular complexity index is 102. The van der Waals surface area contributed by atoms with Crippen molar-refractivity contribution in [2.24, 2.45) is 5.22 Å². The zero-order chi connectivity index (χ0) is 6.57. The lowest BCUT2D eigenvalue weighted by Crippen LogP contribution is -1.98. The third-order valence-corrected chi connectivity index (χ3v) is 0.603. The third-order valence-electron chi connectivity index (χ3n) is 0.603. The molecule has 3 heteroatoms. The fourth-order valence-electron chi connectivity index (χ4n) is 0.403. The van der Waals surface area contributed by atoms with Gasteiger partial charge in [0.15, 0.2) is 0 Å². The van der Waals surface area contributed by atoms with E-state index in [-0.39, 0.29) is 0 Å². The molecule has 0 fully saturated rings. The monoisotopic (exact) mass is 113 g/mol. The molecule has 0 bridgehead atoms. The Morgan fingerprint density at radius 1 is 1.62 bits per heavy atom. The molecule has 3 nitrogen and oxygen atoms in total. The second kappa shape index (κ2) is 3.18. The molecule has 0 aliphatic rings. The third kappa shape index (κ3) is 3.33. The molecule has 0 rings (SSSR count). The average molecular weight is 113 g/mol. The van der Waals surface area contributed by atoms with E-state index in [0.29, 0.717) is 0 Å². The molecule has 0 aromatic heterocycles. The molecule has 0 atom stereocenters. The van der Waals surface area contributed by atoms with Crippen LogP contribution in [0.1, 0.15) is 13.8 Å². The summed E-state index contributed by atoms with van der Waals surface area (Å²) in [5, 5.41) is 4.59. The number of allylic oxidation sites excluding steroid dienone is 1. The van der Waals surface area contributed by atoms with Gasteiger partial charge in [0.2, 0.25) is 0 Å². The Hall–Kier alpha value is -0.860. The molecule has 1 N–H and O–H groups in total. The first-order valence-corrected chi connectivity index (χ1v) is 2.42. The second-order valence-electron chi connectivity index (χ2n) is 1.88. The van der Waals surface area contributed by atoms with Crippen molar-refractivity contribution in [3.8, 4) is 0 Å². The lowest BCUT2D eigenvalue weighted by atomic mass is 10.4. The molecule has 0 aliphatic heterocycles. The lowest BCUT2D eigenvalue weighted by Gasteiger charge is -2.01. The van der Waals surface area contributed by atoms with E-state index < -0.39 is 0 Å². The Kier molecular flexibility index (Phi) is 2.84. The van der Waals surface area contributed by atoms with Crippen molar-refractivity contribution in [1.82, 2.24) is 5.01 Å². The predicted molar refractivity (Wildman–Crippen MR) is 32.3 cm³/mol. The molecule has 8 heavy (non-hydrogen) atoms. The summed E-state index contributed by atoms with van der Waals surface area (Å²) in [5.41, 5.74) is 7.65. The SMILES string of the molecule is CC(C)=CN(C)N=N. The highest BCUT2D eigenvalue weighted by Crippen LogP contribution is 1.91. The van der Waals surface area contributed by atoms with Crippen LogP contribution < -0.4 is 0 Å². The fourth-order valence-corrected chi connectivity index (χ4v) is 0.403.